The smallest absolute Gasteiger partial charge is 0.0113 e. The van der Waals surface area contributed by atoms with Gasteiger partial charge in [-0.3, -0.25) is 0 Å². The van der Waals surface area contributed by atoms with Crippen LogP contribution in [0.2, 0.25) is 0 Å². The Morgan fingerprint density at radius 3 is 2.22 bits per heavy atom. The van der Waals surface area contributed by atoms with E-state index in [2.05, 4.69) is 23.9 Å². The van der Waals surface area contributed by atoms with E-state index in [0.29, 0.717) is 5.41 Å². The van der Waals surface area contributed by atoms with Crippen molar-refractivity contribution >= 4 is 0 Å². The molecule has 0 spiro atoms. The minimum atomic E-state index is 0.448. The van der Waals surface area contributed by atoms with Crippen LogP contribution in [0, 0.1) is 5.41 Å². The Hall–Kier alpha value is -0.120. The molecular weight excluding hydrogens is 222 g/mol. The number of rotatable bonds is 4. The molecule has 2 aliphatic rings. The van der Waals surface area contributed by atoms with E-state index in [1.807, 2.05) is 0 Å². The Morgan fingerprint density at radius 2 is 1.72 bits per heavy atom. The predicted octanol–water partition coefficient (Wildman–Crippen LogP) is 1.92. The second-order valence-corrected chi connectivity index (χ2v) is 6.74. The monoisotopic (exact) mass is 253 g/mol. The Balaban J connectivity index is 1.82. The zero-order chi connectivity index (χ0) is 13.0. The van der Waals surface area contributed by atoms with Gasteiger partial charge in [0.15, 0.2) is 0 Å². The maximum atomic E-state index is 6.10. The van der Waals surface area contributed by atoms with Crippen molar-refractivity contribution in [2.45, 2.75) is 51.0 Å². The van der Waals surface area contributed by atoms with E-state index in [4.69, 9.17) is 5.73 Å². The van der Waals surface area contributed by atoms with Gasteiger partial charge in [0.05, 0.1) is 0 Å². The molecule has 0 unspecified atom stereocenters. The van der Waals surface area contributed by atoms with Gasteiger partial charge in [0.2, 0.25) is 0 Å². The molecule has 1 saturated carbocycles. The van der Waals surface area contributed by atoms with Crippen molar-refractivity contribution in [2.24, 2.45) is 11.1 Å². The van der Waals surface area contributed by atoms with Gasteiger partial charge < -0.3 is 15.5 Å². The van der Waals surface area contributed by atoms with Gasteiger partial charge in [0, 0.05) is 12.6 Å². The van der Waals surface area contributed by atoms with Crippen LogP contribution in [-0.4, -0.2) is 56.1 Å². The van der Waals surface area contributed by atoms with E-state index in [-0.39, 0.29) is 0 Å². The molecule has 1 aliphatic carbocycles. The van der Waals surface area contributed by atoms with Crippen molar-refractivity contribution in [3.8, 4) is 0 Å². The SMILES string of the molecule is CN(C)C1CCN(CC2(CN)CCCCC2)CC1. The fraction of sp³-hybridized carbons (Fsp3) is 1.00. The molecule has 2 N–H and O–H groups in total. The highest BCUT2D eigenvalue weighted by Gasteiger charge is 2.33. The number of nitrogens with zero attached hydrogens (tertiary/aromatic N) is 2. The molecule has 18 heavy (non-hydrogen) atoms. The van der Waals surface area contributed by atoms with E-state index < -0.39 is 0 Å². The lowest BCUT2D eigenvalue weighted by molar-refractivity contribution is 0.0746. The molecule has 3 heteroatoms. The molecule has 1 heterocycles. The van der Waals surface area contributed by atoms with Crippen molar-refractivity contribution in [3.63, 3.8) is 0 Å². The average molecular weight is 253 g/mol. The lowest BCUT2D eigenvalue weighted by Gasteiger charge is -2.43. The van der Waals surface area contributed by atoms with Crippen molar-refractivity contribution in [1.29, 1.82) is 0 Å². The molecule has 1 aliphatic heterocycles. The topological polar surface area (TPSA) is 32.5 Å². The van der Waals surface area contributed by atoms with Crippen LogP contribution in [0.15, 0.2) is 0 Å². The molecule has 0 aromatic heterocycles. The zero-order valence-electron chi connectivity index (χ0n) is 12.3. The molecule has 3 nitrogen and oxygen atoms in total. The molecule has 0 aromatic carbocycles. The third kappa shape index (κ3) is 3.46. The van der Waals surface area contributed by atoms with Gasteiger partial charge in [-0.05, 0) is 64.8 Å². The van der Waals surface area contributed by atoms with Gasteiger partial charge in [-0.15, -0.1) is 0 Å². The van der Waals surface area contributed by atoms with Crippen molar-refractivity contribution in [2.75, 3.05) is 40.3 Å². The van der Waals surface area contributed by atoms with Crippen LogP contribution >= 0.6 is 0 Å². The van der Waals surface area contributed by atoms with Gasteiger partial charge in [-0.2, -0.15) is 0 Å². The number of hydrogen-bond donors (Lipinski definition) is 1. The highest BCUT2D eigenvalue weighted by atomic mass is 15.2. The Labute approximate surface area is 113 Å². The number of nitrogens with two attached hydrogens (primary N) is 1. The van der Waals surface area contributed by atoms with E-state index in [9.17, 15) is 0 Å². The molecule has 0 amide bonds. The summed E-state index contributed by atoms with van der Waals surface area (Å²) in [5, 5.41) is 0. The Bertz CT molecular complexity index is 238. The van der Waals surface area contributed by atoms with Crippen LogP contribution < -0.4 is 5.73 Å². The first-order valence-corrected chi connectivity index (χ1v) is 7.74. The summed E-state index contributed by atoms with van der Waals surface area (Å²) in [5.41, 5.74) is 6.54. The fourth-order valence-electron chi connectivity index (χ4n) is 3.80. The molecule has 2 rings (SSSR count). The minimum absolute atomic E-state index is 0.448. The van der Waals surface area contributed by atoms with E-state index in [0.717, 1.165) is 12.6 Å². The van der Waals surface area contributed by atoms with Gasteiger partial charge in [0.1, 0.15) is 0 Å². The Kier molecular flexibility index (Phi) is 5.05. The van der Waals surface area contributed by atoms with Gasteiger partial charge in [-0.1, -0.05) is 19.3 Å². The maximum absolute atomic E-state index is 6.10. The van der Waals surface area contributed by atoms with Crippen LogP contribution in [0.25, 0.3) is 0 Å². The third-order valence-electron chi connectivity index (χ3n) is 5.19. The summed E-state index contributed by atoms with van der Waals surface area (Å²) in [7, 11) is 4.42. The highest BCUT2D eigenvalue weighted by Crippen LogP contribution is 2.36. The summed E-state index contributed by atoms with van der Waals surface area (Å²) < 4.78 is 0. The standard InChI is InChI=1S/C15H31N3/c1-17(2)14-6-10-18(11-7-14)13-15(12-16)8-4-3-5-9-15/h14H,3-13,16H2,1-2H3. The second kappa shape index (κ2) is 6.36. The second-order valence-electron chi connectivity index (χ2n) is 6.74. The van der Waals surface area contributed by atoms with Crippen LogP contribution in [-0.2, 0) is 0 Å². The Morgan fingerprint density at radius 1 is 1.11 bits per heavy atom. The first-order valence-electron chi connectivity index (χ1n) is 7.74. The molecule has 0 bridgehead atoms. The number of hydrogen-bond acceptors (Lipinski definition) is 3. The average Bonchev–Trinajstić information content (AvgIpc) is 2.40. The quantitative estimate of drug-likeness (QED) is 0.831. The summed E-state index contributed by atoms with van der Waals surface area (Å²) in [6.07, 6.45) is 9.58. The first-order chi connectivity index (χ1) is 8.65. The number of likely N-dealkylation sites (tertiary alicyclic amines) is 1. The van der Waals surface area contributed by atoms with E-state index in [1.165, 1.54) is 64.6 Å². The van der Waals surface area contributed by atoms with E-state index >= 15 is 0 Å². The summed E-state index contributed by atoms with van der Waals surface area (Å²) in [4.78, 5) is 5.06. The highest BCUT2D eigenvalue weighted by molar-refractivity contribution is 4.88. The van der Waals surface area contributed by atoms with Crippen molar-refractivity contribution in [1.82, 2.24) is 9.80 Å². The normalized spacial score (nSPS) is 26.7. The van der Waals surface area contributed by atoms with Gasteiger partial charge in [0.25, 0.3) is 0 Å². The molecule has 106 valence electrons. The zero-order valence-corrected chi connectivity index (χ0v) is 12.3. The van der Waals surface area contributed by atoms with E-state index in [1.54, 1.807) is 0 Å². The summed E-state index contributed by atoms with van der Waals surface area (Å²) >= 11 is 0. The maximum Gasteiger partial charge on any atom is 0.0113 e. The summed E-state index contributed by atoms with van der Waals surface area (Å²) in [6, 6.07) is 0.793. The molecular formula is C15H31N3. The predicted molar refractivity (Wildman–Crippen MR) is 77.7 cm³/mol. The third-order valence-corrected chi connectivity index (χ3v) is 5.19. The number of piperidine rings is 1. The molecule has 2 fully saturated rings. The van der Waals surface area contributed by atoms with Gasteiger partial charge >= 0.3 is 0 Å². The van der Waals surface area contributed by atoms with Crippen molar-refractivity contribution < 1.29 is 0 Å². The minimum Gasteiger partial charge on any atom is -0.330 e. The molecule has 0 aromatic rings. The van der Waals surface area contributed by atoms with Gasteiger partial charge in [-0.25, -0.2) is 0 Å². The fourth-order valence-corrected chi connectivity index (χ4v) is 3.80. The summed E-state index contributed by atoms with van der Waals surface area (Å²) in [6.45, 7) is 4.68. The lowest BCUT2D eigenvalue weighted by Crippen LogP contribution is -2.48. The lowest BCUT2D eigenvalue weighted by atomic mass is 9.73. The van der Waals surface area contributed by atoms with Crippen molar-refractivity contribution in [3.05, 3.63) is 0 Å². The first kappa shape index (κ1) is 14.3. The van der Waals surface area contributed by atoms with Crippen LogP contribution in [0.3, 0.4) is 0 Å². The molecule has 0 atom stereocenters. The summed E-state index contributed by atoms with van der Waals surface area (Å²) in [5.74, 6) is 0. The largest absolute Gasteiger partial charge is 0.330 e. The molecule has 1 saturated heterocycles. The molecule has 0 radical (unpaired) electrons. The van der Waals surface area contributed by atoms with Crippen LogP contribution in [0.1, 0.15) is 44.9 Å². The van der Waals surface area contributed by atoms with Crippen LogP contribution in [0.4, 0.5) is 0 Å². The van der Waals surface area contributed by atoms with Crippen LogP contribution in [0.5, 0.6) is 0 Å².